The van der Waals surface area contributed by atoms with Gasteiger partial charge in [0.1, 0.15) is 11.5 Å². The fourth-order valence-electron chi connectivity index (χ4n) is 3.70. The number of methoxy groups -OCH3 is 1. The molecule has 1 saturated heterocycles. The molecule has 0 saturated carbocycles. The highest BCUT2D eigenvalue weighted by atomic mass is 16.5. The number of rotatable bonds is 6. The van der Waals surface area contributed by atoms with Gasteiger partial charge in [0, 0.05) is 63.0 Å². The van der Waals surface area contributed by atoms with Crippen molar-refractivity contribution in [2.45, 2.75) is 25.3 Å². The van der Waals surface area contributed by atoms with Crippen molar-refractivity contribution in [3.63, 3.8) is 0 Å². The molecule has 1 aliphatic rings. The van der Waals surface area contributed by atoms with E-state index < -0.39 is 0 Å². The molecule has 0 unspecified atom stereocenters. The second-order valence-corrected chi connectivity index (χ2v) is 6.96. The number of carbonyl (C=O) groups is 1. The van der Waals surface area contributed by atoms with Crippen molar-refractivity contribution in [2.24, 2.45) is 0 Å². The minimum Gasteiger partial charge on any atom is -0.383 e. The second-order valence-electron chi connectivity index (χ2n) is 6.96. The summed E-state index contributed by atoms with van der Waals surface area (Å²) in [5.41, 5.74) is 2.19. The van der Waals surface area contributed by atoms with Crippen LogP contribution in [0.25, 0.3) is 11.3 Å². The Balaban J connectivity index is 1.47. The number of ether oxygens (including phenoxy) is 1. The average Bonchev–Trinajstić information content (AvgIpc) is 3.42. The molecule has 4 rings (SSSR count). The van der Waals surface area contributed by atoms with Gasteiger partial charge >= 0.3 is 0 Å². The van der Waals surface area contributed by atoms with Gasteiger partial charge in [-0.25, -0.2) is 4.98 Å². The summed E-state index contributed by atoms with van der Waals surface area (Å²) >= 11 is 0. The first-order valence-corrected chi connectivity index (χ1v) is 9.51. The predicted molar refractivity (Wildman–Crippen MR) is 104 cm³/mol. The third-order valence-corrected chi connectivity index (χ3v) is 5.14. The van der Waals surface area contributed by atoms with E-state index in [0.717, 1.165) is 43.0 Å². The molecule has 146 valence electrons. The number of nitrogens with one attached hydrogen (secondary N) is 1. The summed E-state index contributed by atoms with van der Waals surface area (Å²) in [6.45, 7) is 2.82. The van der Waals surface area contributed by atoms with Crippen LogP contribution in [0.4, 0.5) is 0 Å². The zero-order chi connectivity index (χ0) is 19.3. The molecule has 3 aromatic rings. The van der Waals surface area contributed by atoms with Crippen molar-refractivity contribution in [2.75, 3.05) is 26.8 Å². The van der Waals surface area contributed by atoms with E-state index in [-0.39, 0.29) is 11.8 Å². The van der Waals surface area contributed by atoms with Crippen molar-refractivity contribution in [3.05, 3.63) is 54.5 Å². The van der Waals surface area contributed by atoms with E-state index in [1.807, 2.05) is 29.4 Å². The molecule has 0 aliphatic carbocycles. The Morgan fingerprint density at radius 2 is 2.18 bits per heavy atom. The van der Waals surface area contributed by atoms with Gasteiger partial charge in [0.25, 0.3) is 5.91 Å². The SMILES string of the molecule is COCCn1ccnc1[C@@H]1CCCN(C(=O)c2cc(-c3ccncc3)n[nH]2)C1. The molecule has 0 aromatic carbocycles. The Hall–Kier alpha value is -3.00. The highest BCUT2D eigenvalue weighted by molar-refractivity contribution is 5.93. The number of hydrogen-bond acceptors (Lipinski definition) is 5. The molecule has 0 radical (unpaired) electrons. The van der Waals surface area contributed by atoms with Crippen LogP contribution in [0.1, 0.15) is 35.1 Å². The molecule has 0 bridgehead atoms. The van der Waals surface area contributed by atoms with Crippen LogP contribution in [0.15, 0.2) is 43.0 Å². The van der Waals surface area contributed by atoms with Gasteiger partial charge in [-0.3, -0.25) is 14.9 Å². The molecule has 4 heterocycles. The number of imidazole rings is 1. The Morgan fingerprint density at radius 3 is 3.00 bits per heavy atom. The van der Waals surface area contributed by atoms with E-state index in [2.05, 4.69) is 24.7 Å². The fraction of sp³-hybridized carbons (Fsp3) is 0.400. The molecule has 1 aliphatic heterocycles. The average molecular weight is 380 g/mol. The summed E-state index contributed by atoms with van der Waals surface area (Å²) in [4.78, 5) is 23.5. The van der Waals surface area contributed by atoms with Gasteiger partial charge in [0.2, 0.25) is 0 Å². The molecular weight excluding hydrogens is 356 g/mol. The number of nitrogens with zero attached hydrogens (tertiary/aromatic N) is 5. The van der Waals surface area contributed by atoms with Crippen LogP contribution in [-0.4, -0.2) is 62.3 Å². The number of likely N-dealkylation sites (tertiary alicyclic amines) is 1. The first-order chi connectivity index (χ1) is 13.8. The highest BCUT2D eigenvalue weighted by Crippen LogP contribution is 2.27. The monoisotopic (exact) mass is 380 g/mol. The summed E-state index contributed by atoms with van der Waals surface area (Å²) in [7, 11) is 1.70. The Labute approximate surface area is 163 Å². The van der Waals surface area contributed by atoms with E-state index in [9.17, 15) is 4.79 Å². The van der Waals surface area contributed by atoms with Crippen LogP contribution >= 0.6 is 0 Å². The molecule has 1 atom stereocenters. The van der Waals surface area contributed by atoms with Gasteiger partial charge in [-0.2, -0.15) is 5.10 Å². The Morgan fingerprint density at radius 1 is 1.32 bits per heavy atom. The van der Waals surface area contributed by atoms with Crippen LogP contribution in [-0.2, 0) is 11.3 Å². The van der Waals surface area contributed by atoms with Crippen molar-refractivity contribution < 1.29 is 9.53 Å². The predicted octanol–water partition coefficient (Wildman–Crippen LogP) is 2.33. The molecule has 8 nitrogen and oxygen atoms in total. The number of hydrogen-bond donors (Lipinski definition) is 1. The molecule has 3 aromatic heterocycles. The molecule has 1 fully saturated rings. The third kappa shape index (κ3) is 3.82. The van der Waals surface area contributed by atoms with Crippen molar-refractivity contribution >= 4 is 5.91 Å². The van der Waals surface area contributed by atoms with Crippen molar-refractivity contribution in [3.8, 4) is 11.3 Å². The normalized spacial score (nSPS) is 17.0. The van der Waals surface area contributed by atoms with Gasteiger partial charge in [0.15, 0.2) is 0 Å². The van der Waals surface area contributed by atoms with E-state index in [1.165, 1.54) is 0 Å². The van der Waals surface area contributed by atoms with Crippen LogP contribution in [0.3, 0.4) is 0 Å². The summed E-state index contributed by atoms with van der Waals surface area (Å²) in [5.74, 6) is 1.23. The lowest BCUT2D eigenvalue weighted by molar-refractivity contribution is 0.0696. The molecule has 1 N–H and O–H groups in total. The summed E-state index contributed by atoms with van der Waals surface area (Å²) in [5, 5.41) is 7.18. The summed E-state index contributed by atoms with van der Waals surface area (Å²) in [6, 6.07) is 5.56. The van der Waals surface area contributed by atoms with Gasteiger partial charge < -0.3 is 14.2 Å². The number of carbonyl (C=O) groups excluding carboxylic acids is 1. The lowest BCUT2D eigenvalue weighted by atomic mass is 9.96. The number of aromatic nitrogens is 5. The molecule has 8 heteroatoms. The van der Waals surface area contributed by atoms with Gasteiger partial charge in [-0.1, -0.05) is 0 Å². The number of piperidine rings is 1. The zero-order valence-electron chi connectivity index (χ0n) is 15.9. The quantitative estimate of drug-likeness (QED) is 0.709. The van der Waals surface area contributed by atoms with Gasteiger partial charge in [-0.05, 0) is 31.0 Å². The first kappa shape index (κ1) is 18.4. The largest absolute Gasteiger partial charge is 0.383 e. The number of aromatic amines is 1. The maximum Gasteiger partial charge on any atom is 0.271 e. The summed E-state index contributed by atoms with van der Waals surface area (Å²) in [6.07, 6.45) is 9.21. The minimum atomic E-state index is -0.0208. The molecule has 28 heavy (non-hydrogen) atoms. The third-order valence-electron chi connectivity index (χ3n) is 5.14. The Bertz CT molecular complexity index is 920. The van der Waals surface area contributed by atoms with E-state index in [0.29, 0.717) is 18.8 Å². The minimum absolute atomic E-state index is 0.0208. The number of pyridine rings is 1. The lowest BCUT2D eigenvalue weighted by Gasteiger charge is -2.32. The standard InChI is InChI=1S/C20H24N6O2/c1-28-12-11-25-10-8-22-19(25)16-3-2-9-26(14-16)20(27)18-13-17(23-24-18)15-4-6-21-7-5-15/h4-8,10,13,16H,2-3,9,11-12,14H2,1H3,(H,23,24)/t16-/m1/s1. The van der Waals surface area contributed by atoms with E-state index in [1.54, 1.807) is 25.6 Å². The highest BCUT2D eigenvalue weighted by Gasteiger charge is 2.28. The van der Waals surface area contributed by atoms with Crippen molar-refractivity contribution in [1.82, 2.24) is 29.6 Å². The topological polar surface area (TPSA) is 88.9 Å². The van der Waals surface area contributed by atoms with Crippen LogP contribution in [0, 0.1) is 0 Å². The number of H-pyrrole nitrogens is 1. The van der Waals surface area contributed by atoms with Crippen LogP contribution < -0.4 is 0 Å². The van der Waals surface area contributed by atoms with Crippen LogP contribution in [0.2, 0.25) is 0 Å². The van der Waals surface area contributed by atoms with Gasteiger partial charge in [0.05, 0.1) is 12.3 Å². The van der Waals surface area contributed by atoms with Gasteiger partial charge in [-0.15, -0.1) is 0 Å². The van der Waals surface area contributed by atoms with E-state index in [4.69, 9.17) is 4.74 Å². The fourth-order valence-corrected chi connectivity index (χ4v) is 3.70. The smallest absolute Gasteiger partial charge is 0.271 e. The molecule has 1 amide bonds. The van der Waals surface area contributed by atoms with Crippen LogP contribution in [0.5, 0.6) is 0 Å². The number of amides is 1. The zero-order valence-corrected chi connectivity index (χ0v) is 15.9. The van der Waals surface area contributed by atoms with Crippen molar-refractivity contribution in [1.29, 1.82) is 0 Å². The maximum absolute atomic E-state index is 13.0. The first-order valence-electron chi connectivity index (χ1n) is 9.51. The maximum atomic E-state index is 13.0. The Kier molecular flexibility index (Phi) is 5.48. The molecule has 0 spiro atoms. The lowest BCUT2D eigenvalue weighted by Crippen LogP contribution is -2.40. The van der Waals surface area contributed by atoms with E-state index >= 15 is 0 Å². The summed E-state index contributed by atoms with van der Waals surface area (Å²) < 4.78 is 7.31. The second kappa shape index (κ2) is 8.35. The molecular formula is C20H24N6O2.